The van der Waals surface area contributed by atoms with Crippen LogP contribution in [0.3, 0.4) is 0 Å². The summed E-state index contributed by atoms with van der Waals surface area (Å²) in [5, 5.41) is 11.7. The summed E-state index contributed by atoms with van der Waals surface area (Å²) in [6.45, 7) is 4.67. The van der Waals surface area contributed by atoms with Gasteiger partial charge in [0.25, 0.3) is 0 Å². The minimum Gasteiger partial charge on any atom is -0.467 e. The number of pyridine rings is 1. The van der Waals surface area contributed by atoms with E-state index in [0.717, 1.165) is 57.1 Å². The van der Waals surface area contributed by atoms with Gasteiger partial charge >= 0.3 is 0 Å². The van der Waals surface area contributed by atoms with Gasteiger partial charge in [-0.05, 0) is 43.5 Å². The fourth-order valence-electron chi connectivity index (χ4n) is 3.88. The molecule has 1 aliphatic rings. The number of hydrogen-bond donors (Lipinski definition) is 0. The van der Waals surface area contributed by atoms with Crippen molar-refractivity contribution >= 4 is 40.2 Å². The molecule has 1 fully saturated rings. The number of hydrogen-bond acceptors (Lipinski definition) is 6. The molecule has 4 aromatic rings. The Morgan fingerprint density at radius 1 is 1.10 bits per heavy atom. The molecule has 0 unspecified atom stereocenters. The van der Waals surface area contributed by atoms with Gasteiger partial charge in [-0.3, -0.25) is 9.55 Å². The number of thioether (sulfide) groups is 1. The fourth-order valence-corrected chi connectivity index (χ4v) is 5.05. The van der Waals surface area contributed by atoms with Gasteiger partial charge in [-0.25, -0.2) is 0 Å². The van der Waals surface area contributed by atoms with Crippen LogP contribution in [0.4, 0.5) is 5.95 Å². The van der Waals surface area contributed by atoms with Gasteiger partial charge in [0.2, 0.25) is 5.95 Å². The first-order chi connectivity index (χ1) is 14.7. The number of aromatic nitrogens is 4. The van der Waals surface area contributed by atoms with E-state index in [1.165, 1.54) is 12.8 Å². The molecular formula is C22H22ClN5OS. The largest absolute Gasteiger partial charge is 0.467 e. The molecule has 30 heavy (non-hydrogen) atoms. The van der Waals surface area contributed by atoms with Crippen LogP contribution in [0.15, 0.2) is 52.2 Å². The molecule has 4 heterocycles. The number of halogens is 1. The van der Waals surface area contributed by atoms with Crippen molar-refractivity contribution < 1.29 is 4.42 Å². The van der Waals surface area contributed by atoms with E-state index >= 15 is 0 Å². The van der Waals surface area contributed by atoms with Crippen molar-refractivity contribution in [2.24, 2.45) is 0 Å². The molecule has 0 atom stereocenters. The van der Waals surface area contributed by atoms with E-state index in [4.69, 9.17) is 21.0 Å². The molecule has 1 aliphatic heterocycles. The highest BCUT2D eigenvalue weighted by atomic mass is 35.5. The fraction of sp³-hybridized carbons (Fsp3) is 0.318. The minimum absolute atomic E-state index is 0.603. The molecule has 0 spiro atoms. The van der Waals surface area contributed by atoms with Crippen LogP contribution in [0.25, 0.3) is 10.9 Å². The molecule has 3 aromatic heterocycles. The summed E-state index contributed by atoms with van der Waals surface area (Å²) < 4.78 is 7.72. The standard InChI is InChI=1S/C22H22ClN5OS/c1-15-17-8-2-3-9-18(17)24-19(20(15)23)14-30-22-26-25-21(27-10-4-5-11-27)28(22)13-16-7-6-12-29-16/h2-3,6-9,12H,4-5,10-11,13-14H2,1H3. The zero-order valence-corrected chi connectivity index (χ0v) is 18.3. The van der Waals surface area contributed by atoms with Crippen LogP contribution in [0, 0.1) is 6.92 Å². The van der Waals surface area contributed by atoms with Crippen LogP contribution in [-0.4, -0.2) is 32.8 Å². The van der Waals surface area contributed by atoms with Crippen molar-refractivity contribution in [2.75, 3.05) is 18.0 Å². The third-order valence-electron chi connectivity index (χ3n) is 5.46. The van der Waals surface area contributed by atoms with Gasteiger partial charge in [-0.1, -0.05) is 41.6 Å². The molecule has 0 aliphatic carbocycles. The maximum Gasteiger partial charge on any atom is 0.228 e. The molecule has 6 nitrogen and oxygen atoms in total. The van der Waals surface area contributed by atoms with Crippen molar-refractivity contribution in [1.82, 2.24) is 19.7 Å². The topological polar surface area (TPSA) is 60.0 Å². The summed E-state index contributed by atoms with van der Waals surface area (Å²) in [5.74, 6) is 2.41. The third kappa shape index (κ3) is 3.68. The average Bonchev–Trinajstić information content (AvgIpc) is 3.52. The molecule has 5 rings (SSSR count). The minimum atomic E-state index is 0.603. The van der Waals surface area contributed by atoms with Crippen molar-refractivity contribution in [2.45, 2.75) is 37.2 Å². The summed E-state index contributed by atoms with van der Waals surface area (Å²) in [4.78, 5) is 7.10. The molecule has 0 amide bonds. The predicted molar refractivity (Wildman–Crippen MR) is 120 cm³/mol. The van der Waals surface area contributed by atoms with Crippen LogP contribution >= 0.6 is 23.4 Å². The highest BCUT2D eigenvalue weighted by Gasteiger charge is 2.22. The van der Waals surface area contributed by atoms with Gasteiger partial charge in [-0.2, -0.15) is 0 Å². The van der Waals surface area contributed by atoms with Gasteiger partial charge in [0.15, 0.2) is 5.16 Å². The van der Waals surface area contributed by atoms with E-state index < -0.39 is 0 Å². The first-order valence-electron chi connectivity index (χ1n) is 10.1. The predicted octanol–water partition coefficient (Wildman–Crippen LogP) is 5.32. The van der Waals surface area contributed by atoms with E-state index in [-0.39, 0.29) is 0 Å². The number of fused-ring (bicyclic) bond motifs is 1. The van der Waals surface area contributed by atoms with Crippen LogP contribution in [0.1, 0.15) is 29.9 Å². The molecule has 8 heteroatoms. The normalized spacial score (nSPS) is 14.1. The molecule has 1 saturated heterocycles. The molecule has 0 radical (unpaired) electrons. The number of nitrogens with zero attached hydrogens (tertiary/aromatic N) is 5. The second-order valence-electron chi connectivity index (χ2n) is 7.45. The average molecular weight is 440 g/mol. The summed E-state index contributed by atoms with van der Waals surface area (Å²) in [6, 6.07) is 12.0. The molecule has 0 saturated carbocycles. The second-order valence-corrected chi connectivity index (χ2v) is 8.77. The Kier molecular flexibility index (Phi) is 5.39. The van der Waals surface area contributed by atoms with Crippen molar-refractivity contribution in [3.63, 3.8) is 0 Å². The van der Waals surface area contributed by atoms with Crippen LogP contribution in [0.5, 0.6) is 0 Å². The van der Waals surface area contributed by atoms with Crippen LogP contribution in [-0.2, 0) is 12.3 Å². The van der Waals surface area contributed by atoms with Gasteiger partial charge in [0.1, 0.15) is 5.76 Å². The number of rotatable bonds is 6. The number of aryl methyl sites for hydroxylation is 1. The Hall–Kier alpha value is -2.51. The monoisotopic (exact) mass is 439 g/mol. The van der Waals surface area contributed by atoms with Crippen molar-refractivity contribution in [1.29, 1.82) is 0 Å². The van der Waals surface area contributed by atoms with E-state index in [9.17, 15) is 0 Å². The first kappa shape index (κ1) is 19.5. The van der Waals surface area contributed by atoms with Crippen molar-refractivity contribution in [3.8, 4) is 0 Å². The maximum atomic E-state index is 6.66. The Balaban J connectivity index is 1.45. The Morgan fingerprint density at radius 2 is 1.93 bits per heavy atom. The Labute approximate surface area is 184 Å². The van der Waals surface area contributed by atoms with E-state index in [1.807, 2.05) is 37.3 Å². The summed E-state index contributed by atoms with van der Waals surface area (Å²) in [5.41, 5.74) is 2.89. The number of anilines is 1. The SMILES string of the molecule is Cc1c(Cl)c(CSc2nnc(N3CCCC3)n2Cc2ccco2)nc2ccccc12. The highest BCUT2D eigenvalue weighted by Crippen LogP contribution is 2.32. The van der Waals surface area contributed by atoms with Crippen molar-refractivity contribution in [3.05, 3.63) is 64.7 Å². The number of furan rings is 1. The molecular weight excluding hydrogens is 418 g/mol. The summed E-state index contributed by atoms with van der Waals surface area (Å²) >= 11 is 8.27. The smallest absolute Gasteiger partial charge is 0.228 e. The lowest BCUT2D eigenvalue weighted by Crippen LogP contribution is -2.22. The lowest BCUT2D eigenvalue weighted by molar-refractivity contribution is 0.483. The Bertz CT molecular complexity index is 1170. The van der Waals surface area contributed by atoms with Gasteiger partial charge < -0.3 is 9.32 Å². The zero-order chi connectivity index (χ0) is 20.5. The number of benzene rings is 1. The molecule has 1 aromatic carbocycles. The Morgan fingerprint density at radius 3 is 2.73 bits per heavy atom. The van der Waals surface area contributed by atoms with E-state index in [0.29, 0.717) is 12.3 Å². The van der Waals surface area contributed by atoms with Gasteiger partial charge in [-0.15, -0.1) is 10.2 Å². The lowest BCUT2D eigenvalue weighted by atomic mass is 10.1. The third-order valence-corrected chi connectivity index (χ3v) is 6.94. The maximum absolute atomic E-state index is 6.66. The zero-order valence-electron chi connectivity index (χ0n) is 16.7. The number of para-hydroxylation sites is 1. The van der Waals surface area contributed by atoms with Gasteiger partial charge in [0.05, 0.1) is 29.0 Å². The second kappa shape index (κ2) is 8.32. The van der Waals surface area contributed by atoms with E-state index in [2.05, 4.69) is 25.7 Å². The summed E-state index contributed by atoms with van der Waals surface area (Å²) in [7, 11) is 0. The quantitative estimate of drug-likeness (QED) is 0.379. The highest BCUT2D eigenvalue weighted by molar-refractivity contribution is 7.98. The van der Waals surface area contributed by atoms with E-state index in [1.54, 1.807) is 18.0 Å². The van der Waals surface area contributed by atoms with Crippen LogP contribution < -0.4 is 4.90 Å². The first-order valence-corrected chi connectivity index (χ1v) is 11.4. The molecule has 0 bridgehead atoms. The van der Waals surface area contributed by atoms with Crippen LogP contribution in [0.2, 0.25) is 5.02 Å². The molecule has 0 N–H and O–H groups in total. The van der Waals surface area contributed by atoms with Gasteiger partial charge in [0, 0.05) is 24.2 Å². The summed E-state index contributed by atoms with van der Waals surface area (Å²) in [6.07, 6.45) is 4.07. The molecule has 154 valence electrons. The lowest BCUT2D eigenvalue weighted by Gasteiger charge is -2.17.